The first-order chi connectivity index (χ1) is 5.38. The summed E-state index contributed by atoms with van der Waals surface area (Å²) in [6, 6.07) is 0. The monoisotopic (exact) mass is 151 g/mol. The molecule has 0 aliphatic carbocycles. The summed E-state index contributed by atoms with van der Waals surface area (Å²) in [5, 5.41) is 0. The average Bonchev–Trinajstić information content (AvgIpc) is 2.06. The number of hydrogen-bond acceptors (Lipinski definition) is 4. The summed E-state index contributed by atoms with van der Waals surface area (Å²) in [4.78, 5) is 10.0. The highest BCUT2D eigenvalue weighted by Gasteiger charge is 2.13. The fraction of sp³-hybridized carbons (Fsp3) is 0.429. The highest BCUT2D eigenvalue weighted by Crippen LogP contribution is 2.19. The largest absolute Gasteiger partial charge is 0.356 e. The van der Waals surface area contributed by atoms with Gasteiger partial charge in [0, 0.05) is 18.8 Å². The Bertz CT molecular complexity index is 264. The molecule has 0 saturated heterocycles. The molecule has 0 spiro atoms. The second kappa shape index (κ2) is 2.47. The molecule has 0 radical (unpaired) electrons. The maximum absolute atomic E-state index is 5.25. The number of hydrogen-bond donors (Lipinski definition) is 0. The molecule has 4 nitrogen and oxygen atoms in total. The van der Waals surface area contributed by atoms with E-state index in [9.17, 15) is 0 Å². The van der Waals surface area contributed by atoms with Crippen LogP contribution < -0.4 is 4.90 Å². The summed E-state index contributed by atoms with van der Waals surface area (Å²) in [6.45, 7) is 1.24. The van der Waals surface area contributed by atoms with Crippen molar-refractivity contribution in [3.05, 3.63) is 18.1 Å². The molecule has 1 aliphatic rings. The highest BCUT2D eigenvalue weighted by atomic mass is 16.5. The first-order valence-corrected chi connectivity index (χ1v) is 3.45. The Balaban J connectivity index is 2.44. The first-order valence-electron chi connectivity index (χ1n) is 3.45. The maximum atomic E-state index is 5.25. The van der Waals surface area contributed by atoms with Crippen LogP contribution in [0.2, 0.25) is 0 Å². The number of fused-ring (bicyclic) bond motifs is 1. The second-order valence-corrected chi connectivity index (χ2v) is 2.55. The van der Waals surface area contributed by atoms with Crippen LogP contribution in [0.1, 0.15) is 5.56 Å². The van der Waals surface area contributed by atoms with Gasteiger partial charge in [0.05, 0.1) is 6.61 Å². The molecule has 0 amide bonds. The molecule has 0 bridgehead atoms. The molecule has 0 fully saturated rings. The van der Waals surface area contributed by atoms with Gasteiger partial charge in [-0.05, 0) is 0 Å². The lowest BCUT2D eigenvalue weighted by atomic mass is 10.3. The Morgan fingerprint density at radius 3 is 3.36 bits per heavy atom. The molecule has 11 heavy (non-hydrogen) atoms. The van der Waals surface area contributed by atoms with Gasteiger partial charge < -0.3 is 9.64 Å². The molecular weight excluding hydrogens is 142 g/mol. The van der Waals surface area contributed by atoms with E-state index in [0.717, 1.165) is 11.4 Å². The second-order valence-electron chi connectivity index (χ2n) is 2.55. The van der Waals surface area contributed by atoms with Crippen molar-refractivity contribution in [2.75, 3.05) is 18.7 Å². The molecule has 2 rings (SSSR count). The lowest BCUT2D eigenvalue weighted by Gasteiger charge is -2.25. The van der Waals surface area contributed by atoms with Crippen molar-refractivity contribution >= 4 is 5.82 Å². The van der Waals surface area contributed by atoms with Gasteiger partial charge in [0.1, 0.15) is 18.9 Å². The quantitative estimate of drug-likeness (QED) is 0.538. The Morgan fingerprint density at radius 1 is 1.64 bits per heavy atom. The summed E-state index contributed by atoms with van der Waals surface area (Å²) in [7, 11) is 1.95. The Labute approximate surface area is 64.8 Å². The van der Waals surface area contributed by atoms with Crippen LogP contribution in [0.3, 0.4) is 0 Å². The van der Waals surface area contributed by atoms with Crippen molar-refractivity contribution in [1.29, 1.82) is 0 Å². The van der Waals surface area contributed by atoms with E-state index in [2.05, 4.69) is 9.97 Å². The van der Waals surface area contributed by atoms with E-state index in [-0.39, 0.29) is 0 Å². The molecule has 0 N–H and O–H groups in total. The number of anilines is 1. The minimum atomic E-state index is 0.615. The lowest BCUT2D eigenvalue weighted by Crippen LogP contribution is -2.27. The van der Waals surface area contributed by atoms with Gasteiger partial charge in [0.2, 0.25) is 0 Å². The number of aromatic nitrogens is 2. The molecule has 1 aromatic heterocycles. The topological polar surface area (TPSA) is 38.2 Å². The Hall–Kier alpha value is -1.16. The molecule has 0 atom stereocenters. The van der Waals surface area contributed by atoms with Gasteiger partial charge in [-0.3, -0.25) is 0 Å². The molecule has 0 unspecified atom stereocenters. The molecule has 1 aromatic rings. The standard InChI is InChI=1S/C7H9N3O/c1-10-5-11-3-6-2-8-4-9-7(6)10/h2,4H,3,5H2,1H3. The molecule has 0 aromatic carbocycles. The third kappa shape index (κ3) is 1.05. The summed E-state index contributed by atoms with van der Waals surface area (Å²) in [6.07, 6.45) is 3.35. The fourth-order valence-corrected chi connectivity index (χ4v) is 1.15. The fourth-order valence-electron chi connectivity index (χ4n) is 1.15. The summed E-state index contributed by atoms with van der Waals surface area (Å²) < 4.78 is 5.25. The van der Waals surface area contributed by atoms with Crippen molar-refractivity contribution in [3.63, 3.8) is 0 Å². The third-order valence-corrected chi connectivity index (χ3v) is 1.67. The van der Waals surface area contributed by atoms with Crippen LogP contribution in [0, 0.1) is 0 Å². The van der Waals surface area contributed by atoms with E-state index < -0.39 is 0 Å². The molecule has 2 heterocycles. The van der Waals surface area contributed by atoms with Crippen LogP contribution in [0.15, 0.2) is 12.5 Å². The van der Waals surface area contributed by atoms with Crippen LogP contribution in [-0.4, -0.2) is 23.7 Å². The van der Waals surface area contributed by atoms with Crippen LogP contribution in [0.25, 0.3) is 0 Å². The zero-order valence-electron chi connectivity index (χ0n) is 6.32. The average molecular weight is 151 g/mol. The van der Waals surface area contributed by atoms with Crippen molar-refractivity contribution in [2.24, 2.45) is 0 Å². The van der Waals surface area contributed by atoms with E-state index >= 15 is 0 Å². The smallest absolute Gasteiger partial charge is 0.139 e. The van der Waals surface area contributed by atoms with Gasteiger partial charge in [-0.15, -0.1) is 0 Å². The third-order valence-electron chi connectivity index (χ3n) is 1.67. The maximum Gasteiger partial charge on any atom is 0.139 e. The van der Waals surface area contributed by atoms with Crippen LogP contribution >= 0.6 is 0 Å². The zero-order valence-corrected chi connectivity index (χ0v) is 6.32. The van der Waals surface area contributed by atoms with E-state index in [0.29, 0.717) is 13.3 Å². The SMILES string of the molecule is CN1COCc2cncnc21. The minimum Gasteiger partial charge on any atom is -0.356 e. The Morgan fingerprint density at radius 2 is 2.55 bits per heavy atom. The number of nitrogens with zero attached hydrogens (tertiary/aromatic N) is 3. The highest BCUT2D eigenvalue weighted by molar-refractivity contribution is 5.44. The minimum absolute atomic E-state index is 0.615. The van der Waals surface area contributed by atoms with Crippen molar-refractivity contribution in [3.8, 4) is 0 Å². The summed E-state index contributed by atoms with van der Waals surface area (Å²) in [5.74, 6) is 0.978. The van der Waals surface area contributed by atoms with Gasteiger partial charge >= 0.3 is 0 Å². The van der Waals surface area contributed by atoms with E-state index in [1.165, 1.54) is 0 Å². The molecule has 4 heteroatoms. The van der Waals surface area contributed by atoms with E-state index in [1.807, 2.05) is 11.9 Å². The van der Waals surface area contributed by atoms with Crippen molar-refractivity contribution in [1.82, 2.24) is 9.97 Å². The predicted octanol–water partition coefficient (Wildman–Crippen LogP) is 0.401. The van der Waals surface area contributed by atoms with Gasteiger partial charge in [0.15, 0.2) is 0 Å². The molecule has 1 aliphatic heterocycles. The van der Waals surface area contributed by atoms with Crippen molar-refractivity contribution in [2.45, 2.75) is 6.61 Å². The van der Waals surface area contributed by atoms with Gasteiger partial charge in [0.25, 0.3) is 0 Å². The van der Waals surface area contributed by atoms with Gasteiger partial charge in [-0.1, -0.05) is 0 Å². The molecular formula is C7H9N3O. The Kier molecular flexibility index (Phi) is 1.47. The first kappa shape index (κ1) is 6.54. The summed E-state index contributed by atoms with van der Waals surface area (Å²) in [5.41, 5.74) is 1.06. The normalized spacial score (nSPS) is 16.3. The van der Waals surface area contributed by atoms with E-state index in [4.69, 9.17) is 4.74 Å². The van der Waals surface area contributed by atoms with Gasteiger partial charge in [-0.2, -0.15) is 0 Å². The number of rotatable bonds is 0. The lowest BCUT2D eigenvalue weighted by molar-refractivity contribution is 0.112. The predicted molar refractivity (Wildman–Crippen MR) is 40.1 cm³/mol. The van der Waals surface area contributed by atoms with Gasteiger partial charge in [-0.25, -0.2) is 9.97 Å². The van der Waals surface area contributed by atoms with E-state index in [1.54, 1.807) is 12.5 Å². The van der Waals surface area contributed by atoms with Crippen molar-refractivity contribution < 1.29 is 4.74 Å². The van der Waals surface area contributed by atoms with Crippen LogP contribution in [0.5, 0.6) is 0 Å². The number of ether oxygens (including phenoxy) is 1. The van der Waals surface area contributed by atoms with Crippen LogP contribution in [0.4, 0.5) is 5.82 Å². The molecule has 58 valence electrons. The summed E-state index contributed by atoms with van der Waals surface area (Å²) >= 11 is 0. The van der Waals surface area contributed by atoms with Crippen LogP contribution in [-0.2, 0) is 11.3 Å². The zero-order chi connectivity index (χ0) is 7.68. The molecule has 0 saturated carbocycles.